The number of ketones is 1. The van der Waals surface area contributed by atoms with Gasteiger partial charge in [0.05, 0.1) is 6.54 Å². The quantitative estimate of drug-likeness (QED) is 0.611. The number of piperidine rings is 1. The monoisotopic (exact) mass is 179 g/mol. The van der Waals surface area contributed by atoms with Gasteiger partial charge in [0.25, 0.3) is 0 Å². The highest BCUT2D eigenvalue weighted by Crippen LogP contribution is 2.19. The fourth-order valence-electron chi connectivity index (χ4n) is 1.95. The van der Waals surface area contributed by atoms with Gasteiger partial charge in [-0.25, -0.2) is 0 Å². The lowest BCUT2D eigenvalue weighted by molar-refractivity contribution is -0.118. The average molecular weight is 179 g/mol. The summed E-state index contributed by atoms with van der Waals surface area (Å²) in [5, 5.41) is 0. The second-order valence-corrected chi connectivity index (χ2v) is 3.73. The highest BCUT2D eigenvalue weighted by Gasteiger charge is 2.22. The first kappa shape index (κ1) is 10.3. The number of rotatable bonds is 3. The summed E-state index contributed by atoms with van der Waals surface area (Å²) in [6.45, 7) is 3.41. The lowest BCUT2D eigenvalue weighted by Crippen LogP contribution is -2.40. The number of hydrogen-bond donors (Lipinski definition) is 0. The summed E-state index contributed by atoms with van der Waals surface area (Å²) in [7, 11) is 0. The van der Waals surface area contributed by atoms with Crippen molar-refractivity contribution in [2.24, 2.45) is 0 Å². The van der Waals surface area contributed by atoms with Gasteiger partial charge in [0.15, 0.2) is 0 Å². The van der Waals surface area contributed by atoms with Crippen LogP contribution in [0.25, 0.3) is 0 Å². The maximum absolute atomic E-state index is 11.0. The molecule has 1 fully saturated rings. The Balaban J connectivity index is 2.47. The van der Waals surface area contributed by atoms with Crippen LogP contribution in [0.15, 0.2) is 0 Å². The number of nitrogens with zero attached hydrogens (tertiary/aromatic N) is 1. The molecule has 2 heteroatoms. The van der Waals surface area contributed by atoms with Crippen molar-refractivity contribution < 1.29 is 4.79 Å². The van der Waals surface area contributed by atoms with Crippen LogP contribution in [0.1, 0.15) is 32.6 Å². The summed E-state index contributed by atoms with van der Waals surface area (Å²) in [6.07, 6.45) is 9.52. The predicted octanol–water partition coefficient (Wildman–Crippen LogP) is 1.45. The van der Waals surface area contributed by atoms with Gasteiger partial charge < -0.3 is 0 Å². The van der Waals surface area contributed by atoms with E-state index in [-0.39, 0.29) is 5.78 Å². The molecule has 0 radical (unpaired) electrons. The standard InChI is InChI=1S/C11H17NO/c1-3-7-12-8-5-4-6-11(12)9-10(2)13/h1,11H,4-9H2,2H3. The first-order valence-corrected chi connectivity index (χ1v) is 4.91. The largest absolute Gasteiger partial charge is 0.300 e. The summed E-state index contributed by atoms with van der Waals surface area (Å²) >= 11 is 0. The van der Waals surface area contributed by atoms with E-state index in [1.807, 2.05) is 0 Å². The average Bonchev–Trinajstić information content (AvgIpc) is 2.08. The lowest BCUT2D eigenvalue weighted by atomic mass is 9.98. The van der Waals surface area contributed by atoms with Gasteiger partial charge in [-0.3, -0.25) is 9.69 Å². The Morgan fingerprint density at radius 2 is 2.38 bits per heavy atom. The van der Waals surface area contributed by atoms with E-state index in [1.165, 1.54) is 12.8 Å². The topological polar surface area (TPSA) is 20.3 Å². The van der Waals surface area contributed by atoms with Crippen LogP contribution in [0.5, 0.6) is 0 Å². The van der Waals surface area contributed by atoms with Crippen molar-refractivity contribution in [2.45, 2.75) is 38.6 Å². The predicted molar refractivity (Wildman–Crippen MR) is 53.3 cm³/mol. The van der Waals surface area contributed by atoms with Gasteiger partial charge in [-0.2, -0.15) is 0 Å². The van der Waals surface area contributed by atoms with Gasteiger partial charge in [-0.15, -0.1) is 6.42 Å². The van der Waals surface area contributed by atoms with E-state index in [4.69, 9.17) is 6.42 Å². The molecule has 1 aliphatic rings. The van der Waals surface area contributed by atoms with Gasteiger partial charge in [0.2, 0.25) is 0 Å². The fraction of sp³-hybridized carbons (Fsp3) is 0.727. The van der Waals surface area contributed by atoms with Gasteiger partial charge >= 0.3 is 0 Å². The van der Waals surface area contributed by atoms with Crippen molar-refractivity contribution in [3.05, 3.63) is 0 Å². The third kappa shape index (κ3) is 3.20. The SMILES string of the molecule is C#CCN1CCCCC1CC(C)=O. The van der Waals surface area contributed by atoms with Crippen molar-refractivity contribution in [1.29, 1.82) is 0 Å². The summed E-state index contributed by atoms with van der Waals surface area (Å²) < 4.78 is 0. The summed E-state index contributed by atoms with van der Waals surface area (Å²) in [5.74, 6) is 2.93. The van der Waals surface area contributed by atoms with Crippen LogP contribution in [0, 0.1) is 12.3 Å². The van der Waals surface area contributed by atoms with Crippen molar-refractivity contribution in [1.82, 2.24) is 4.90 Å². The fourth-order valence-corrected chi connectivity index (χ4v) is 1.95. The first-order chi connectivity index (χ1) is 6.24. The summed E-state index contributed by atoms with van der Waals surface area (Å²) in [4.78, 5) is 13.2. The highest BCUT2D eigenvalue weighted by molar-refractivity contribution is 5.76. The van der Waals surface area contributed by atoms with E-state index in [0.717, 1.165) is 13.0 Å². The van der Waals surface area contributed by atoms with E-state index in [0.29, 0.717) is 19.0 Å². The number of terminal acetylenes is 1. The molecule has 0 N–H and O–H groups in total. The number of hydrogen-bond acceptors (Lipinski definition) is 2. The minimum Gasteiger partial charge on any atom is -0.300 e. The summed E-state index contributed by atoms with van der Waals surface area (Å²) in [6, 6.07) is 0.405. The molecule has 0 saturated carbocycles. The first-order valence-electron chi connectivity index (χ1n) is 4.91. The smallest absolute Gasteiger partial charge is 0.131 e. The molecule has 0 aromatic heterocycles. The second kappa shape index (κ2) is 5.04. The normalized spacial score (nSPS) is 23.8. The molecule has 0 amide bonds. The molecule has 0 aromatic carbocycles. The van der Waals surface area contributed by atoms with Crippen molar-refractivity contribution in [3.8, 4) is 12.3 Å². The third-order valence-electron chi connectivity index (χ3n) is 2.57. The van der Waals surface area contributed by atoms with Crippen LogP contribution >= 0.6 is 0 Å². The van der Waals surface area contributed by atoms with Gasteiger partial charge in [-0.1, -0.05) is 12.3 Å². The Kier molecular flexibility index (Phi) is 3.98. The molecule has 2 nitrogen and oxygen atoms in total. The number of carbonyl (C=O) groups excluding carboxylic acids is 1. The maximum atomic E-state index is 11.0. The molecule has 1 rings (SSSR count). The number of Topliss-reactive ketones (excluding diaryl/α,β-unsaturated/α-hetero) is 1. The highest BCUT2D eigenvalue weighted by atomic mass is 16.1. The lowest BCUT2D eigenvalue weighted by Gasteiger charge is -2.33. The zero-order chi connectivity index (χ0) is 9.68. The van der Waals surface area contributed by atoms with E-state index in [9.17, 15) is 4.79 Å². The third-order valence-corrected chi connectivity index (χ3v) is 2.57. The van der Waals surface area contributed by atoms with E-state index < -0.39 is 0 Å². The zero-order valence-corrected chi connectivity index (χ0v) is 8.25. The number of carbonyl (C=O) groups is 1. The van der Waals surface area contributed by atoms with E-state index in [2.05, 4.69) is 10.8 Å². The van der Waals surface area contributed by atoms with Crippen LogP contribution in [0.3, 0.4) is 0 Å². The van der Waals surface area contributed by atoms with Crippen LogP contribution in [-0.4, -0.2) is 29.8 Å². The van der Waals surface area contributed by atoms with Gasteiger partial charge in [-0.05, 0) is 26.3 Å². The van der Waals surface area contributed by atoms with E-state index in [1.54, 1.807) is 6.92 Å². The van der Waals surface area contributed by atoms with Crippen molar-refractivity contribution >= 4 is 5.78 Å². The minimum atomic E-state index is 0.272. The Bertz CT molecular complexity index is 217. The molecular weight excluding hydrogens is 162 g/mol. The maximum Gasteiger partial charge on any atom is 0.131 e. The molecule has 0 aromatic rings. The van der Waals surface area contributed by atoms with Crippen LogP contribution in [-0.2, 0) is 4.79 Å². The minimum absolute atomic E-state index is 0.272. The van der Waals surface area contributed by atoms with Crippen molar-refractivity contribution in [2.75, 3.05) is 13.1 Å². The Labute approximate surface area is 80.3 Å². The molecular formula is C11H17NO. The zero-order valence-electron chi connectivity index (χ0n) is 8.25. The molecule has 0 bridgehead atoms. The van der Waals surface area contributed by atoms with Gasteiger partial charge in [0, 0.05) is 12.5 Å². The Morgan fingerprint density at radius 3 is 3.00 bits per heavy atom. The van der Waals surface area contributed by atoms with Crippen LogP contribution in [0.2, 0.25) is 0 Å². The molecule has 0 aliphatic carbocycles. The van der Waals surface area contributed by atoms with Gasteiger partial charge in [0.1, 0.15) is 5.78 Å². The van der Waals surface area contributed by atoms with Crippen LogP contribution < -0.4 is 0 Å². The molecule has 0 spiro atoms. The molecule has 1 saturated heterocycles. The molecule has 1 unspecified atom stereocenters. The molecule has 13 heavy (non-hydrogen) atoms. The second-order valence-electron chi connectivity index (χ2n) is 3.73. The number of likely N-dealkylation sites (tertiary alicyclic amines) is 1. The Morgan fingerprint density at radius 1 is 1.62 bits per heavy atom. The molecule has 72 valence electrons. The Hall–Kier alpha value is -0.810. The van der Waals surface area contributed by atoms with Crippen molar-refractivity contribution in [3.63, 3.8) is 0 Å². The summed E-state index contributed by atoms with van der Waals surface area (Å²) in [5.41, 5.74) is 0. The van der Waals surface area contributed by atoms with Crippen LogP contribution in [0.4, 0.5) is 0 Å². The van der Waals surface area contributed by atoms with E-state index >= 15 is 0 Å². The molecule has 1 atom stereocenters. The molecule has 1 heterocycles. The molecule has 1 aliphatic heterocycles.